The second-order valence-corrected chi connectivity index (χ2v) is 8.14. The van der Waals surface area contributed by atoms with E-state index in [1.807, 2.05) is 91.9 Å². The summed E-state index contributed by atoms with van der Waals surface area (Å²) in [6, 6.07) is 29.8. The molecule has 3 heterocycles. The van der Waals surface area contributed by atoms with Gasteiger partial charge < -0.3 is 4.52 Å². The Morgan fingerprint density at radius 1 is 0.771 bits per heavy atom. The Hall–Kier alpha value is -5.09. The largest absolute Gasteiger partial charge is 0.363 e. The van der Waals surface area contributed by atoms with Crippen molar-refractivity contribution in [1.82, 2.24) is 25.1 Å². The van der Waals surface area contributed by atoms with Gasteiger partial charge in [0.25, 0.3) is 0 Å². The van der Waals surface area contributed by atoms with Crippen molar-refractivity contribution in [2.24, 2.45) is 0 Å². The van der Waals surface area contributed by atoms with E-state index < -0.39 is 0 Å². The molecule has 6 rings (SSSR count). The molecule has 7 heteroatoms. The summed E-state index contributed by atoms with van der Waals surface area (Å²) in [6.07, 6.45) is 1.53. The van der Waals surface area contributed by atoms with Gasteiger partial charge in [-0.1, -0.05) is 83.5 Å². The SMILES string of the molecule is Cc1ccc(-n2nc(-c3nnc(-c4ccccc4)c4nocc34)c(C#N)c2-c2ccccc2)cc1. The molecule has 3 aromatic carbocycles. The fourth-order valence-corrected chi connectivity index (χ4v) is 4.17. The van der Waals surface area contributed by atoms with Gasteiger partial charge in [-0.3, -0.25) is 0 Å². The smallest absolute Gasteiger partial charge is 0.144 e. The molecule has 7 nitrogen and oxygen atoms in total. The van der Waals surface area contributed by atoms with Crippen LogP contribution in [0, 0.1) is 18.3 Å². The Morgan fingerprint density at radius 3 is 2.11 bits per heavy atom. The summed E-state index contributed by atoms with van der Waals surface area (Å²) in [5, 5.41) is 29.0. The summed E-state index contributed by atoms with van der Waals surface area (Å²) < 4.78 is 7.12. The lowest BCUT2D eigenvalue weighted by Gasteiger charge is -2.08. The maximum absolute atomic E-state index is 10.3. The first kappa shape index (κ1) is 20.5. The van der Waals surface area contributed by atoms with Gasteiger partial charge >= 0.3 is 0 Å². The third kappa shape index (κ3) is 3.45. The minimum Gasteiger partial charge on any atom is -0.363 e. The third-order valence-corrected chi connectivity index (χ3v) is 5.89. The van der Waals surface area contributed by atoms with Gasteiger partial charge in [0, 0.05) is 11.1 Å². The number of hydrogen-bond donors (Lipinski definition) is 0. The van der Waals surface area contributed by atoms with Crippen LogP contribution < -0.4 is 0 Å². The van der Waals surface area contributed by atoms with Crippen molar-refractivity contribution in [3.8, 4) is 45.7 Å². The highest BCUT2D eigenvalue weighted by Gasteiger charge is 2.26. The molecule has 0 saturated heterocycles. The summed E-state index contributed by atoms with van der Waals surface area (Å²) in [6.45, 7) is 2.03. The average Bonchev–Trinajstić information content (AvgIpc) is 3.55. The molecule has 0 saturated carbocycles. The zero-order chi connectivity index (χ0) is 23.8. The van der Waals surface area contributed by atoms with Crippen LogP contribution in [0.2, 0.25) is 0 Å². The van der Waals surface area contributed by atoms with Crippen LogP contribution in [0.15, 0.2) is 95.7 Å². The molecule has 0 unspecified atom stereocenters. The number of aryl methyl sites for hydroxylation is 1. The standard InChI is InChI=1S/C28H18N6O/c1-18-12-14-21(15-13-18)34-28(20-10-6-3-7-11-20)22(16-29)26(32-34)25-23-17-35-33-27(23)24(30-31-25)19-8-4-2-5-9-19/h2-15,17H,1H3. The summed E-state index contributed by atoms with van der Waals surface area (Å²) >= 11 is 0. The predicted molar refractivity (Wildman–Crippen MR) is 132 cm³/mol. The highest BCUT2D eigenvalue weighted by Crippen LogP contribution is 2.37. The van der Waals surface area contributed by atoms with Gasteiger partial charge in [-0.15, -0.1) is 10.2 Å². The minimum absolute atomic E-state index is 0.404. The van der Waals surface area contributed by atoms with Crippen LogP contribution in [0.25, 0.3) is 50.5 Å². The van der Waals surface area contributed by atoms with Gasteiger partial charge in [-0.2, -0.15) is 10.4 Å². The van der Waals surface area contributed by atoms with Crippen molar-refractivity contribution in [3.63, 3.8) is 0 Å². The lowest BCUT2D eigenvalue weighted by atomic mass is 10.0. The Kier molecular flexibility index (Phi) is 4.90. The highest BCUT2D eigenvalue weighted by atomic mass is 16.5. The van der Waals surface area contributed by atoms with Crippen molar-refractivity contribution in [1.29, 1.82) is 5.26 Å². The Balaban J connectivity index is 1.63. The minimum atomic E-state index is 0.404. The van der Waals surface area contributed by atoms with E-state index in [9.17, 15) is 5.26 Å². The van der Waals surface area contributed by atoms with Crippen LogP contribution in [0.4, 0.5) is 0 Å². The number of benzene rings is 3. The molecule has 0 atom stereocenters. The van der Waals surface area contributed by atoms with E-state index in [2.05, 4.69) is 21.4 Å². The van der Waals surface area contributed by atoms with Crippen molar-refractivity contribution < 1.29 is 4.52 Å². The predicted octanol–water partition coefficient (Wildman–Crippen LogP) is 5.98. The molecule has 0 radical (unpaired) electrons. The fourth-order valence-electron chi connectivity index (χ4n) is 4.17. The number of nitriles is 1. The number of rotatable bonds is 4. The van der Waals surface area contributed by atoms with Crippen molar-refractivity contribution >= 4 is 10.9 Å². The van der Waals surface area contributed by atoms with Crippen LogP contribution in [0.5, 0.6) is 0 Å². The van der Waals surface area contributed by atoms with Gasteiger partial charge in [-0.25, -0.2) is 4.68 Å². The van der Waals surface area contributed by atoms with Gasteiger partial charge in [0.2, 0.25) is 0 Å². The normalized spacial score (nSPS) is 11.0. The highest BCUT2D eigenvalue weighted by molar-refractivity contribution is 5.99. The van der Waals surface area contributed by atoms with E-state index in [0.29, 0.717) is 39.2 Å². The van der Waals surface area contributed by atoms with Crippen LogP contribution in [-0.2, 0) is 0 Å². The first-order chi connectivity index (χ1) is 17.2. The van der Waals surface area contributed by atoms with Gasteiger partial charge in [0.1, 0.15) is 40.5 Å². The molecule has 0 aliphatic rings. The Bertz CT molecular complexity index is 1690. The van der Waals surface area contributed by atoms with Crippen LogP contribution in [0.3, 0.4) is 0 Å². The molecular formula is C28H18N6O. The first-order valence-electron chi connectivity index (χ1n) is 11.1. The topological polar surface area (TPSA) is 93.4 Å². The molecule has 0 amide bonds. The van der Waals surface area contributed by atoms with E-state index in [1.54, 1.807) is 4.68 Å². The Morgan fingerprint density at radius 2 is 1.43 bits per heavy atom. The molecule has 0 bridgehead atoms. The molecule has 6 aromatic rings. The van der Waals surface area contributed by atoms with Gasteiger partial charge in [0.15, 0.2) is 0 Å². The summed E-state index contributed by atoms with van der Waals surface area (Å²) in [5.74, 6) is 0. The van der Waals surface area contributed by atoms with Gasteiger partial charge in [0.05, 0.1) is 16.8 Å². The average molecular weight is 454 g/mol. The fraction of sp³-hybridized carbons (Fsp3) is 0.0357. The van der Waals surface area contributed by atoms with E-state index in [0.717, 1.165) is 22.4 Å². The van der Waals surface area contributed by atoms with E-state index in [4.69, 9.17) is 9.62 Å². The molecule has 35 heavy (non-hydrogen) atoms. The Labute approximate surface area is 200 Å². The molecular weight excluding hydrogens is 436 g/mol. The lowest BCUT2D eigenvalue weighted by Crippen LogP contribution is -2.00. The second-order valence-electron chi connectivity index (χ2n) is 8.14. The zero-order valence-electron chi connectivity index (χ0n) is 18.8. The monoisotopic (exact) mass is 454 g/mol. The molecule has 0 aliphatic heterocycles. The maximum atomic E-state index is 10.3. The van der Waals surface area contributed by atoms with Crippen LogP contribution >= 0.6 is 0 Å². The van der Waals surface area contributed by atoms with Crippen LogP contribution in [-0.4, -0.2) is 25.1 Å². The van der Waals surface area contributed by atoms with Crippen molar-refractivity contribution in [3.05, 3.63) is 102 Å². The number of fused-ring (bicyclic) bond motifs is 1. The first-order valence-corrected chi connectivity index (χ1v) is 11.1. The zero-order valence-corrected chi connectivity index (χ0v) is 18.8. The summed E-state index contributed by atoms with van der Waals surface area (Å²) in [4.78, 5) is 0. The summed E-state index contributed by atoms with van der Waals surface area (Å²) in [5.41, 5.74) is 6.86. The second kappa shape index (κ2) is 8.36. The van der Waals surface area contributed by atoms with E-state index >= 15 is 0 Å². The number of hydrogen-bond acceptors (Lipinski definition) is 6. The van der Waals surface area contributed by atoms with Crippen molar-refractivity contribution in [2.45, 2.75) is 6.92 Å². The number of nitrogens with zero attached hydrogens (tertiary/aromatic N) is 6. The lowest BCUT2D eigenvalue weighted by molar-refractivity contribution is 0.428. The van der Waals surface area contributed by atoms with E-state index in [-0.39, 0.29) is 0 Å². The van der Waals surface area contributed by atoms with E-state index in [1.165, 1.54) is 6.26 Å². The summed E-state index contributed by atoms with van der Waals surface area (Å²) in [7, 11) is 0. The van der Waals surface area contributed by atoms with Gasteiger partial charge in [-0.05, 0) is 19.1 Å². The van der Waals surface area contributed by atoms with Crippen molar-refractivity contribution in [2.75, 3.05) is 0 Å². The molecule has 3 aromatic heterocycles. The third-order valence-electron chi connectivity index (χ3n) is 5.89. The molecule has 0 N–H and O–H groups in total. The number of aromatic nitrogens is 5. The quantitative estimate of drug-likeness (QED) is 0.325. The maximum Gasteiger partial charge on any atom is 0.144 e. The van der Waals surface area contributed by atoms with Crippen LogP contribution in [0.1, 0.15) is 11.1 Å². The molecule has 166 valence electrons. The molecule has 0 spiro atoms. The molecule has 0 fully saturated rings. The molecule has 0 aliphatic carbocycles.